The van der Waals surface area contributed by atoms with Crippen molar-refractivity contribution in [3.8, 4) is 17.2 Å². The van der Waals surface area contributed by atoms with Crippen LogP contribution in [0, 0.1) is 0 Å². The molecule has 1 saturated heterocycles. The predicted molar refractivity (Wildman–Crippen MR) is 107 cm³/mol. The Balaban J connectivity index is 1.33. The molecule has 2 aromatic carbocycles. The number of hydrogen-bond donors (Lipinski definition) is 1. The van der Waals surface area contributed by atoms with E-state index in [1.165, 1.54) is 0 Å². The van der Waals surface area contributed by atoms with Crippen molar-refractivity contribution < 1.29 is 19.0 Å². The summed E-state index contributed by atoms with van der Waals surface area (Å²) in [7, 11) is 1.68. The van der Waals surface area contributed by atoms with Crippen LogP contribution in [0.5, 0.6) is 17.2 Å². The minimum Gasteiger partial charge on any atom is -0.497 e. The van der Waals surface area contributed by atoms with E-state index in [0.29, 0.717) is 11.5 Å². The van der Waals surface area contributed by atoms with Crippen molar-refractivity contribution in [3.63, 3.8) is 0 Å². The number of fused-ring (bicyclic) bond motifs is 1. The number of rotatable bonds is 5. The van der Waals surface area contributed by atoms with Crippen molar-refractivity contribution in [2.75, 3.05) is 50.3 Å². The number of carbonyl (C=O) groups is 1. The molecule has 7 heteroatoms. The fourth-order valence-electron chi connectivity index (χ4n) is 3.56. The van der Waals surface area contributed by atoms with Crippen molar-refractivity contribution >= 4 is 17.3 Å². The van der Waals surface area contributed by atoms with Crippen molar-refractivity contribution in [2.45, 2.75) is 13.0 Å². The van der Waals surface area contributed by atoms with Crippen molar-refractivity contribution in [1.29, 1.82) is 0 Å². The zero-order valence-corrected chi connectivity index (χ0v) is 16.2. The molecule has 148 valence electrons. The van der Waals surface area contributed by atoms with Crippen LogP contribution in [0.4, 0.5) is 11.4 Å². The highest BCUT2D eigenvalue weighted by Gasteiger charge is 2.26. The fraction of sp³-hybridized carbons (Fsp3) is 0.381. The molecule has 0 radical (unpaired) electrons. The van der Waals surface area contributed by atoms with Crippen LogP contribution in [0.15, 0.2) is 42.5 Å². The van der Waals surface area contributed by atoms with Crippen LogP contribution in [0.25, 0.3) is 0 Å². The van der Waals surface area contributed by atoms with Crippen LogP contribution >= 0.6 is 0 Å². The second-order valence-electron chi connectivity index (χ2n) is 6.96. The summed E-state index contributed by atoms with van der Waals surface area (Å²) in [6.45, 7) is 5.56. The van der Waals surface area contributed by atoms with E-state index < -0.39 is 0 Å². The maximum absolute atomic E-state index is 12.7. The number of hydrogen-bond acceptors (Lipinski definition) is 6. The van der Waals surface area contributed by atoms with Crippen LogP contribution in [0.1, 0.15) is 6.92 Å². The molecule has 1 fully saturated rings. The minimum atomic E-state index is -0.210. The molecule has 2 aliphatic heterocycles. The highest BCUT2D eigenvalue weighted by molar-refractivity contribution is 5.94. The van der Waals surface area contributed by atoms with E-state index >= 15 is 0 Å². The largest absolute Gasteiger partial charge is 0.497 e. The van der Waals surface area contributed by atoms with Crippen LogP contribution in [-0.2, 0) is 4.79 Å². The van der Waals surface area contributed by atoms with Gasteiger partial charge in [0.05, 0.1) is 13.2 Å². The molecular weight excluding hydrogens is 358 g/mol. The van der Waals surface area contributed by atoms with Crippen molar-refractivity contribution in [1.82, 2.24) is 4.90 Å². The third-order valence-corrected chi connectivity index (χ3v) is 5.30. The van der Waals surface area contributed by atoms with Crippen LogP contribution in [-0.4, -0.2) is 56.9 Å². The Hall–Kier alpha value is -2.93. The highest BCUT2D eigenvalue weighted by atomic mass is 16.7. The molecule has 1 atom stereocenters. The number of methoxy groups -OCH3 is 1. The number of ether oxygens (including phenoxy) is 3. The van der Waals surface area contributed by atoms with Gasteiger partial charge in [-0.3, -0.25) is 9.69 Å². The van der Waals surface area contributed by atoms with Gasteiger partial charge in [0, 0.05) is 49.7 Å². The second kappa shape index (κ2) is 7.98. The van der Waals surface area contributed by atoms with Gasteiger partial charge < -0.3 is 24.4 Å². The molecule has 0 aromatic heterocycles. The summed E-state index contributed by atoms with van der Waals surface area (Å²) in [5.41, 5.74) is 1.87. The lowest BCUT2D eigenvalue weighted by Crippen LogP contribution is -2.52. The molecule has 0 aliphatic carbocycles. The van der Waals surface area contributed by atoms with Crippen LogP contribution < -0.4 is 24.4 Å². The average Bonchev–Trinajstić information content (AvgIpc) is 3.21. The van der Waals surface area contributed by atoms with Gasteiger partial charge in [0.15, 0.2) is 11.5 Å². The molecule has 0 bridgehead atoms. The van der Waals surface area contributed by atoms with E-state index in [9.17, 15) is 4.79 Å². The molecular formula is C21H25N3O4. The Morgan fingerprint density at radius 1 is 1.07 bits per heavy atom. The lowest BCUT2D eigenvalue weighted by Gasteiger charge is -2.38. The molecule has 1 amide bonds. The third kappa shape index (κ3) is 3.84. The van der Waals surface area contributed by atoms with E-state index in [1.54, 1.807) is 13.2 Å². The molecule has 0 spiro atoms. The molecule has 4 rings (SSSR count). The van der Waals surface area contributed by atoms with Gasteiger partial charge in [-0.15, -0.1) is 0 Å². The fourth-order valence-corrected chi connectivity index (χ4v) is 3.56. The number of piperazine rings is 1. The molecule has 2 aliphatic rings. The first-order valence-electron chi connectivity index (χ1n) is 9.47. The molecule has 2 heterocycles. The predicted octanol–water partition coefficient (Wildman–Crippen LogP) is 2.57. The summed E-state index contributed by atoms with van der Waals surface area (Å²) in [5, 5.41) is 2.98. The Morgan fingerprint density at radius 2 is 1.86 bits per heavy atom. The molecule has 7 nitrogen and oxygen atoms in total. The topological polar surface area (TPSA) is 63.3 Å². The molecule has 28 heavy (non-hydrogen) atoms. The Morgan fingerprint density at radius 3 is 2.64 bits per heavy atom. The SMILES string of the molecule is COc1cccc(N2CCN([C@H](C)C(=O)Nc3ccc4c(c3)OCO4)CC2)c1. The average molecular weight is 383 g/mol. The summed E-state index contributed by atoms with van der Waals surface area (Å²) >= 11 is 0. The normalized spacial score (nSPS) is 17.3. The standard InChI is InChI=1S/C21H25N3O4/c1-15(21(25)22-16-6-7-19-20(12-16)28-14-27-19)23-8-10-24(11-9-23)17-4-3-5-18(13-17)26-2/h3-7,12-13,15H,8-11,14H2,1-2H3,(H,22,25)/t15-/m1/s1. The summed E-state index contributed by atoms with van der Waals surface area (Å²) in [6.07, 6.45) is 0. The third-order valence-electron chi connectivity index (χ3n) is 5.30. The van der Waals surface area contributed by atoms with Gasteiger partial charge in [-0.05, 0) is 31.2 Å². The summed E-state index contributed by atoms with van der Waals surface area (Å²) in [6, 6.07) is 13.3. The van der Waals surface area contributed by atoms with Gasteiger partial charge in [-0.2, -0.15) is 0 Å². The van der Waals surface area contributed by atoms with E-state index in [4.69, 9.17) is 14.2 Å². The number of amides is 1. The van der Waals surface area contributed by atoms with Gasteiger partial charge in [-0.25, -0.2) is 0 Å². The van der Waals surface area contributed by atoms with Gasteiger partial charge in [0.1, 0.15) is 5.75 Å². The van der Waals surface area contributed by atoms with E-state index in [2.05, 4.69) is 21.2 Å². The maximum atomic E-state index is 12.7. The minimum absolute atomic E-state index is 0.0197. The maximum Gasteiger partial charge on any atom is 0.241 e. The first-order valence-corrected chi connectivity index (χ1v) is 9.47. The number of anilines is 2. The quantitative estimate of drug-likeness (QED) is 0.856. The number of carbonyl (C=O) groups excluding carboxylic acids is 1. The van der Waals surface area contributed by atoms with E-state index in [-0.39, 0.29) is 18.7 Å². The Bertz CT molecular complexity index is 849. The number of benzene rings is 2. The first kappa shape index (κ1) is 18.4. The lowest BCUT2D eigenvalue weighted by molar-refractivity contribution is -0.120. The zero-order chi connectivity index (χ0) is 19.5. The molecule has 0 unspecified atom stereocenters. The Kier molecular flexibility index (Phi) is 5.25. The Labute approximate surface area is 164 Å². The summed E-state index contributed by atoms with van der Waals surface area (Å²) in [5.74, 6) is 2.21. The highest BCUT2D eigenvalue weighted by Crippen LogP contribution is 2.34. The van der Waals surface area contributed by atoms with Gasteiger partial charge in [-0.1, -0.05) is 6.07 Å². The summed E-state index contributed by atoms with van der Waals surface area (Å²) in [4.78, 5) is 17.2. The monoisotopic (exact) mass is 383 g/mol. The number of nitrogens with one attached hydrogen (secondary N) is 1. The molecule has 2 aromatic rings. The smallest absolute Gasteiger partial charge is 0.241 e. The molecule has 0 saturated carbocycles. The van der Waals surface area contributed by atoms with Crippen molar-refractivity contribution in [3.05, 3.63) is 42.5 Å². The number of nitrogens with zero attached hydrogens (tertiary/aromatic N) is 2. The first-order chi connectivity index (χ1) is 13.6. The van der Waals surface area contributed by atoms with E-state index in [1.807, 2.05) is 37.3 Å². The van der Waals surface area contributed by atoms with Crippen LogP contribution in [0.2, 0.25) is 0 Å². The lowest BCUT2D eigenvalue weighted by atomic mass is 10.2. The summed E-state index contributed by atoms with van der Waals surface area (Å²) < 4.78 is 16.0. The van der Waals surface area contributed by atoms with Crippen LogP contribution in [0.3, 0.4) is 0 Å². The second-order valence-corrected chi connectivity index (χ2v) is 6.96. The molecule has 1 N–H and O–H groups in total. The van der Waals surface area contributed by atoms with Gasteiger partial charge >= 0.3 is 0 Å². The van der Waals surface area contributed by atoms with E-state index in [0.717, 1.165) is 43.3 Å². The zero-order valence-electron chi connectivity index (χ0n) is 16.2. The van der Waals surface area contributed by atoms with Gasteiger partial charge in [0.2, 0.25) is 12.7 Å². The van der Waals surface area contributed by atoms with Crippen molar-refractivity contribution in [2.24, 2.45) is 0 Å². The van der Waals surface area contributed by atoms with Gasteiger partial charge in [0.25, 0.3) is 0 Å².